The lowest BCUT2D eigenvalue weighted by atomic mass is 10.1. The second-order valence-corrected chi connectivity index (χ2v) is 5.60. The number of hydrogen-bond acceptors (Lipinski definition) is 2. The van der Waals surface area contributed by atoms with Gasteiger partial charge in [0.05, 0.1) is 6.42 Å². The first-order valence-electron chi connectivity index (χ1n) is 7.31. The Morgan fingerprint density at radius 2 is 1.39 bits per heavy atom. The predicted octanol–water partition coefficient (Wildman–Crippen LogP) is 5.16. The zero-order chi connectivity index (χ0) is 16.1. The van der Waals surface area contributed by atoms with Crippen LogP contribution in [-0.4, -0.2) is 5.97 Å². The van der Waals surface area contributed by atoms with Crippen molar-refractivity contribution in [1.29, 1.82) is 0 Å². The molecule has 0 amide bonds. The zero-order valence-corrected chi connectivity index (χ0v) is 13.2. The molecule has 2 nitrogen and oxygen atoms in total. The van der Waals surface area contributed by atoms with Crippen molar-refractivity contribution in [2.45, 2.75) is 6.42 Å². The first-order valence-corrected chi connectivity index (χ1v) is 7.69. The van der Waals surface area contributed by atoms with Gasteiger partial charge in [-0.2, -0.15) is 0 Å². The van der Waals surface area contributed by atoms with E-state index in [0.29, 0.717) is 10.8 Å². The minimum Gasteiger partial charge on any atom is -0.426 e. The highest BCUT2D eigenvalue weighted by atomic mass is 35.5. The SMILES string of the molecule is O=C(Cc1ccc(Cl)cc1)Oc1ccc(-c2ccccc2)cc1. The van der Waals surface area contributed by atoms with Crippen LogP contribution >= 0.6 is 11.6 Å². The van der Waals surface area contributed by atoms with E-state index in [-0.39, 0.29) is 12.4 Å². The fourth-order valence-electron chi connectivity index (χ4n) is 2.28. The van der Waals surface area contributed by atoms with Crippen molar-refractivity contribution < 1.29 is 9.53 Å². The predicted molar refractivity (Wildman–Crippen MR) is 92.7 cm³/mol. The number of ether oxygens (including phenoxy) is 1. The maximum absolute atomic E-state index is 12.0. The molecule has 0 aliphatic rings. The molecular weight excluding hydrogens is 308 g/mol. The summed E-state index contributed by atoms with van der Waals surface area (Å²) in [5.74, 6) is 0.253. The maximum Gasteiger partial charge on any atom is 0.315 e. The van der Waals surface area contributed by atoms with Gasteiger partial charge in [-0.25, -0.2) is 0 Å². The van der Waals surface area contributed by atoms with E-state index in [2.05, 4.69) is 0 Å². The molecule has 0 aromatic heterocycles. The lowest BCUT2D eigenvalue weighted by molar-refractivity contribution is -0.133. The molecule has 0 saturated heterocycles. The highest BCUT2D eigenvalue weighted by Gasteiger charge is 2.07. The summed E-state index contributed by atoms with van der Waals surface area (Å²) in [4.78, 5) is 12.0. The normalized spacial score (nSPS) is 10.3. The first kappa shape index (κ1) is 15.3. The van der Waals surface area contributed by atoms with Crippen LogP contribution in [0, 0.1) is 0 Å². The average molecular weight is 323 g/mol. The molecule has 3 rings (SSSR count). The third-order valence-electron chi connectivity index (χ3n) is 3.45. The molecule has 3 aromatic carbocycles. The molecule has 0 aliphatic carbocycles. The number of benzene rings is 3. The molecule has 3 aromatic rings. The highest BCUT2D eigenvalue weighted by molar-refractivity contribution is 6.30. The van der Waals surface area contributed by atoms with Crippen molar-refractivity contribution >= 4 is 17.6 Å². The Kier molecular flexibility index (Phi) is 4.74. The van der Waals surface area contributed by atoms with E-state index in [1.54, 1.807) is 12.1 Å². The summed E-state index contributed by atoms with van der Waals surface area (Å²) >= 11 is 5.83. The van der Waals surface area contributed by atoms with E-state index in [1.165, 1.54) is 0 Å². The number of rotatable bonds is 4. The molecule has 114 valence electrons. The smallest absolute Gasteiger partial charge is 0.315 e. The Labute approximate surface area is 140 Å². The van der Waals surface area contributed by atoms with Gasteiger partial charge in [0.25, 0.3) is 0 Å². The maximum atomic E-state index is 12.0. The van der Waals surface area contributed by atoms with E-state index in [9.17, 15) is 4.79 Å². The quantitative estimate of drug-likeness (QED) is 0.490. The molecule has 0 fully saturated rings. The molecule has 0 atom stereocenters. The fourth-order valence-corrected chi connectivity index (χ4v) is 2.41. The van der Waals surface area contributed by atoms with Crippen molar-refractivity contribution in [3.63, 3.8) is 0 Å². The minimum atomic E-state index is -0.292. The van der Waals surface area contributed by atoms with Crippen molar-refractivity contribution in [1.82, 2.24) is 0 Å². The van der Waals surface area contributed by atoms with Gasteiger partial charge in [0, 0.05) is 5.02 Å². The number of halogens is 1. The monoisotopic (exact) mass is 322 g/mol. The summed E-state index contributed by atoms with van der Waals surface area (Å²) in [7, 11) is 0. The molecule has 0 aliphatic heterocycles. The molecular formula is C20H15ClO2. The third kappa shape index (κ3) is 4.21. The van der Waals surface area contributed by atoms with Gasteiger partial charge in [0.1, 0.15) is 5.75 Å². The van der Waals surface area contributed by atoms with Crippen molar-refractivity contribution in [2.24, 2.45) is 0 Å². The van der Waals surface area contributed by atoms with Gasteiger partial charge in [0.2, 0.25) is 0 Å². The largest absolute Gasteiger partial charge is 0.426 e. The van der Waals surface area contributed by atoms with Crippen LogP contribution in [0.5, 0.6) is 5.75 Å². The minimum absolute atomic E-state index is 0.220. The van der Waals surface area contributed by atoms with E-state index in [1.807, 2.05) is 66.7 Å². The van der Waals surface area contributed by atoms with Crippen LogP contribution in [0.3, 0.4) is 0 Å². The summed E-state index contributed by atoms with van der Waals surface area (Å²) in [6, 6.07) is 24.7. The van der Waals surface area contributed by atoms with Crippen LogP contribution in [0.2, 0.25) is 5.02 Å². The van der Waals surface area contributed by atoms with E-state index in [4.69, 9.17) is 16.3 Å². The van der Waals surface area contributed by atoms with E-state index >= 15 is 0 Å². The summed E-state index contributed by atoms with van der Waals surface area (Å²) in [6.45, 7) is 0. The van der Waals surface area contributed by atoms with Crippen LogP contribution in [0.15, 0.2) is 78.9 Å². The molecule has 0 N–H and O–H groups in total. The summed E-state index contributed by atoms with van der Waals surface area (Å²) in [5, 5.41) is 0.651. The zero-order valence-electron chi connectivity index (χ0n) is 12.4. The summed E-state index contributed by atoms with van der Waals surface area (Å²) in [6.07, 6.45) is 0.220. The van der Waals surface area contributed by atoms with Gasteiger partial charge in [-0.05, 0) is 41.0 Å². The third-order valence-corrected chi connectivity index (χ3v) is 3.71. The average Bonchev–Trinajstić information content (AvgIpc) is 2.58. The number of esters is 1. The fraction of sp³-hybridized carbons (Fsp3) is 0.0500. The highest BCUT2D eigenvalue weighted by Crippen LogP contribution is 2.22. The molecule has 3 heteroatoms. The van der Waals surface area contributed by atoms with Gasteiger partial charge in [-0.1, -0.05) is 66.2 Å². The molecule has 0 saturated carbocycles. The van der Waals surface area contributed by atoms with E-state index < -0.39 is 0 Å². The molecule has 0 unspecified atom stereocenters. The van der Waals surface area contributed by atoms with Gasteiger partial charge >= 0.3 is 5.97 Å². The molecule has 0 spiro atoms. The van der Waals surface area contributed by atoms with Gasteiger partial charge in [-0.3, -0.25) is 4.79 Å². The standard InChI is InChI=1S/C20H15ClO2/c21-18-10-6-15(7-11-18)14-20(22)23-19-12-8-17(9-13-19)16-4-2-1-3-5-16/h1-13H,14H2. The van der Waals surface area contributed by atoms with Crippen molar-refractivity contribution in [3.05, 3.63) is 89.4 Å². The Morgan fingerprint density at radius 3 is 2.04 bits per heavy atom. The van der Waals surface area contributed by atoms with Crippen molar-refractivity contribution in [2.75, 3.05) is 0 Å². The van der Waals surface area contributed by atoms with Crippen LogP contribution in [0.4, 0.5) is 0 Å². The van der Waals surface area contributed by atoms with Crippen molar-refractivity contribution in [3.8, 4) is 16.9 Å². The van der Waals surface area contributed by atoms with Crippen LogP contribution in [-0.2, 0) is 11.2 Å². The lowest BCUT2D eigenvalue weighted by Gasteiger charge is -2.06. The van der Waals surface area contributed by atoms with Crippen LogP contribution < -0.4 is 4.74 Å². The summed E-state index contributed by atoms with van der Waals surface area (Å²) in [5.41, 5.74) is 3.09. The molecule has 0 radical (unpaired) electrons. The first-order chi connectivity index (χ1) is 11.2. The Morgan fingerprint density at radius 1 is 0.783 bits per heavy atom. The number of carbonyl (C=O) groups is 1. The number of carbonyl (C=O) groups excluding carboxylic acids is 1. The summed E-state index contributed by atoms with van der Waals surface area (Å²) < 4.78 is 5.37. The molecule has 0 bridgehead atoms. The van der Waals surface area contributed by atoms with Gasteiger partial charge in [-0.15, -0.1) is 0 Å². The second kappa shape index (κ2) is 7.12. The second-order valence-electron chi connectivity index (χ2n) is 5.17. The van der Waals surface area contributed by atoms with Gasteiger partial charge < -0.3 is 4.74 Å². The Bertz CT molecular complexity index is 778. The van der Waals surface area contributed by atoms with Crippen LogP contribution in [0.1, 0.15) is 5.56 Å². The van der Waals surface area contributed by atoms with E-state index in [0.717, 1.165) is 16.7 Å². The Hall–Kier alpha value is -2.58. The lowest BCUT2D eigenvalue weighted by Crippen LogP contribution is -2.11. The molecule has 23 heavy (non-hydrogen) atoms. The Balaban J connectivity index is 1.64. The molecule has 0 heterocycles. The topological polar surface area (TPSA) is 26.3 Å². The number of hydrogen-bond donors (Lipinski definition) is 0. The van der Waals surface area contributed by atoms with Gasteiger partial charge in [0.15, 0.2) is 0 Å². The van der Waals surface area contributed by atoms with Crippen LogP contribution in [0.25, 0.3) is 11.1 Å².